The average molecular weight is 280 g/mol. The molecule has 0 fully saturated rings. The van der Waals surface area contributed by atoms with Gasteiger partial charge in [-0.3, -0.25) is 0 Å². The van der Waals surface area contributed by atoms with Gasteiger partial charge in [0.2, 0.25) is 0 Å². The number of rotatable bonds is 7. The van der Waals surface area contributed by atoms with E-state index in [0.717, 1.165) is 44.6 Å². The number of halogens is 1. The molecule has 0 aromatic heterocycles. The first-order valence-corrected chi connectivity index (χ1v) is 7.63. The summed E-state index contributed by atoms with van der Waals surface area (Å²) in [6.45, 7) is 9.23. The van der Waals surface area contributed by atoms with Gasteiger partial charge in [-0.15, -0.1) is 0 Å². The molecule has 0 amide bonds. The van der Waals surface area contributed by atoms with Crippen molar-refractivity contribution in [2.45, 2.75) is 32.7 Å². The quantitative estimate of drug-likeness (QED) is 0.777. The summed E-state index contributed by atoms with van der Waals surface area (Å²) in [5.41, 5.74) is 0.957. The fraction of sp³-hybridized carbons (Fsp3) is 0.625. The largest absolute Gasteiger partial charge is 0.490 e. The summed E-state index contributed by atoms with van der Waals surface area (Å²) in [5.74, 6) is 0.178. The molecule has 3 nitrogen and oxygen atoms in total. The maximum absolute atomic E-state index is 13.7. The molecule has 1 aliphatic rings. The van der Waals surface area contributed by atoms with Crippen LogP contribution in [0, 0.1) is 5.82 Å². The first-order valence-electron chi connectivity index (χ1n) is 7.63. The Morgan fingerprint density at radius 2 is 2.15 bits per heavy atom. The molecule has 20 heavy (non-hydrogen) atoms. The maximum atomic E-state index is 13.7. The fourth-order valence-corrected chi connectivity index (χ4v) is 2.72. The van der Waals surface area contributed by atoms with Crippen LogP contribution in [0.5, 0.6) is 5.75 Å². The Kier molecular flexibility index (Phi) is 5.80. The molecular formula is C16H25FN2O. The van der Waals surface area contributed by atoms with E-state index in [4.69, 9.17) is 4.74 Å². The second kappa shape index (κ2) is 7.60. The number of fused-ring (bicyclic) bond motifs is 1. The third-order valence-corrected chi connectivity index (χ3v) is 3.96. The van der Waals surface area contributed by atoms with Crippen LogP contribution < -0.4 is 10.1 Å². The van der Waals surface area contributed by atoms with E-state index >= 15 is 0 Å². The zero-order chi connectivity index (χ0) is 14.4. The maximum Gasteiger partial charge on any atom is 0.165 e. The summed E-state index contributed by atoms with van der Waals surface area (Å²) in [6.07, 6.45) is 2.02. The van der Waals surface area contributed by atoms with Crippen LogP contribution in [-0.4, -0.2) is 37.7 Å². The monoisotopic (exact) mass is 280 g/mol. The number of hydrogen-bond acceptors (Lipinski definition) is 3. The molecule has 0 aliphatic carbocycles. The van der Waals surface area contributed by atoms with Crippen LogP contribution in [0.4, 0.5) is 4.39 Å². The van der Waals surface area contributed by atoms with Gasteiger partial charge in [-0.25, -0.2) is 4.39 Å². The Morgan fingerprint density at radius 3 is 2.90 bits per heavy atom. The highest BCUT2D eigenvalue weighted by molar-refractivity contribution is 5.38. The summed E-state index contributed by atoms with van der Waals surface area (Å²) < 4.78 is 19.1. The smallest absolute Gasteiger partial charge is 0.165 e. The number of para-hydroxylation sites is 1. The Balaban J connectivity index is 1.85. The summed E-state index contributed by atoms with van der Waals surface area (Å²) in [4.78, 5) is 2.42. The normalized spacial score (nSPS) is 17.9. The van der Waals surface area contributed by atoms with Gasteiger partial charge in [-0.05, 0) is 38.7 Å². The Morgan fingerprint density at radius 1 is 1.35 bits per heavy atom. The lowest BCUT2D eigenvalue weighted by molar-refractivity contribution is 0.237. The van der Waals surface area contributed by atoms with Gasteiger partial charge in [0.15, 0.2) is 11.6 Å². The third kappa shape index (κ3) is 3.70. The van der Waals surface area contributed by atoms with Crippen molar-refractivity contribution < 1.29 is 9.13 Å². The molecule has 1 atom stereocenters. The second-order valence-corrected chi connectivity index (χ2v) is 5.18. The number of nitrogens with zero attached hydrogens (tertiary/aromatic N) is 1. The lowest BCUT2D eigenvalue weighted by Gasteiger charge is -2.27. The molecule has 0 bridgehead atoms. The number of nitrogens with one attached hydrogen (secondary N) is 1. The van der Waals surface area contributed by atoms with E-state index in [-0.39, 0.29) is 11.9 Å². The first-order chi connectivity index (χ1) is 9.76. The van der Waals surface area contributed by atoms with E-state index in [2.05, 4.69) is 24.1 Å². The van der Waals surface area contributed by atoms with Crippen LogP contribution in [0.3, 0.4) is 0 Å². The van der Waals surface area contributed by atoms with Crippen molar-refractivity contribution >= 4 is 0 Å². The summed E-state index contributed by atoms with van der Waals surface area (Å²) in [6, 6.07) is 5.39. The van der Waals surface area contributed by atoms with Crippen LogP contribution in [0.25, 0.3) is 0 Å². The minimum atomic E-state index is -0.253. The predicted octanol–water partition coefficient (Wildman–Crippen LogP) is 2.97. The molecule has 1 aliphatic heterocycles. The van der Waals surface area contributed by atoms with Crippen LogP contribution in [0.1, 0.15) is 38.3 Å². The van der Waals surface area contributed by atoms with Gasteiger partial charge in [0.05, 0.1) is 6.61 Å². The highest BCUT2D eigenvalue weighted by Crippen LogP contribution is 2.33. The van der Waals surface area contributed by atoms with E-state index in [1.807, 2.05) is 6.07 Å². The SMILES string of the molecule is CCN(CC)CCCNC1CCOc2c(F)cccc21. The van der Waals surface area contributed by atoms with Crippen molar-refractivity contribution in [2.24, 2.45) is 0 Å². The molecule has 0 spiro atoms. The third-order valence-electron chi connectivity index (χ3n) is 3.96. The second-order valence-electron chi connectivity index (χ2n) is 5.18. The number of ether oxygens (including phenoxy) is 1. The lowest BCUT2D eigenvalue weighted by Crippen LogP contribution is -2.31. The van der Waals surface area contributed by atoms with Crippen LogP contribution >= 0.6 is 0 Å². The summed E-state index contributed by atoms with van der Waals surface area (Å²) in [5, 5.41) is 3.54. The highest BCUT2D eigenvalue weighted by Gasteiger charge is 2.23. The lowest BCUT2D eigenvalue weighted by atomic mass is 10.0. The molecule has 112 valence electrons. The van der Waals surface area contributed by atoms with Gasteiger partial charge in [-0.1, -0.05) is 26.0 Å². The van der Waals surface area contributed by atoms with Gasteiger partial charge in [0.25, 0.3) is 0 Å². The van der Waals surface area contributed by atoms with Gasteiger partial charge >= 0.3 is 0 Å². The van der Waals surface area contributed by atoms with Crippen molar-refractivity contribution in [3.05, 3.63) is 29.6 Å². The topological polar surface area (TPSA) is 24.5 Å². The average Bonchev–Trinajstić information content (AvgIpc) is 2.48. The number of benzene rings is 1. The zero-order valence-corrected chi connectivity index (χ0v) is 12.5. The van der Waals surface area contributed by atoms with E-state index in [1.165, 1.54) is 6.07 Å². The van der Waals surface area contributed by atoms with Gasteiger partial charge in [0, 0.05) is 18.0 Å². The standard InChI is InChI=1S/C16H25FN2O/c1-3-19(4-2)11-6-10-18-15-9-12-20-16-13(15)7-5-8-14(16)17/h5,7-8,15,18H,3-4,6,9-12H2,1-2H3. The molecule has 0 saturated heterocycles. The Bertz CT molecular complexity index is 421. The van der Waals surface area contributed by atoms with Crippen molar-refractivity contribution in [1.82, 2.24) is 10.2 Å². The minimum absolute atomic E-state index is 0.214. The van der Waals surface area contributed by atoms with Crippen molar-refractivity contribution in [3.63, 3.8) is 0 Å². The molecule has 2 rings (SSSR count). The van der Waals surface area contributed by atoms with E-state index in [1.54, 1.807) is 6.07 Å². The Hall–Kier alpha value is -1.13. The van der Waals surface area contributed by atoms with Gasteiger partial charge in [0.1, 0.15) is 0 Å². The first kappa shape index (κ1) is 15.3. The zero-order valence-electron chi connectivity index (χ0n) is 12.5. The Labute approximate surface area is 121 Å². The molecule has 1 aromatic carbocycles. The highest BCUT2D eigenvalue weighted by atomic mass is 19.1. The van der Waals surface area contributed by atoms with Crippen molar-refractivity contribution in [2.75, 3.05) is 32.8 Å². The van der Waals surface area contributed by atoms with E-state index in [9.17, 15) is 4.39 Å². The van der Waals surface area contributed by atoms with E-state index < -0.39 is 0 Å². The van der Waals surface area contributed by atoms with E-state index in [0.29, 0.717) is 12.4 Å². The summed E-state index contributed by atoms with van der Waals surface area (Å²) >= 11 is 0. The number of hydrogen-bond donors (Lipinski definition) is 1. The van der Waals surface area contributed by atoms with Gasteiger partial charge in [-0.2, -0.15) is 0 Å². The molecule has 1 heterocycles. The molecule has 4 heteroatoms. The molecule has 1 unspecified atom stereocenters. The van der Waals surface area contributed by atoms with Crippen LogP contribution in [0.2, 0.25) is 0 Å². The molecule has 0 radical (unpaired) electrons. The van der Waals surface area contributed by atoms with Crippen molar-refractivity contribution in [1.29, 1.82) is 0 Å². The van der Waals surface area contributed by atoms with Crippen LogP contribution in [0.15, 0.2) is 18.2 Å². The van der Waals surface area contributed by atoms with Gasteiger partial charge < -0.3 is 15.0 Å². The predicted molar refractivity (Wildman–Crippen MR) is 79.7 cm³/mol. The summed E-state index contributed by atoms with van der Waals surface area (Å²) in [7, 11) is 0. The fourth-order valence-electron chi connectivity index (χ4n) is 2.72. The molecule has 1 N–H and O–H groups in total. The van der Waals surface area contributed by atoms with Crippen molar-refractivity contribution in [3.8, 4) is 5.75 Å². The van der Waals surface area contributed by atoms with Crippen LogP contribution in [-0.2, 0) is 0 Å². The molecule has 1 aromatic rings. The minimum Gasteiger partial charge on any atom is -0.490 e. The molecule has 0 saturated carbocycles. The molecular weight excluding hydrogens is 255 g/mol.